The molecule has 0 atom stereocenters. The number of nitrogens with zero attached hydrogens (tertiary/aromatic N) is 2. The lowest BCUT2D eigenvalue weighted by atomic mass is 9.99. The predicted octanol–water partition coefficient (Wildman–Crippen LogP) is 3.64. The molecule has 1 amide bonds. The minimum atomic E-state index is -4.65. The number of alkyl halides is 3. The van der Waals surface area contributed by atoms with Crippen LogP contribution in [0.5, 0.6) is 0 Å². The number of hydrogen-bond acceptors (Lipinski definition) is 3. The lowest BCUT2D eigenvalue weighted by molar-refractivity contribution is -0.141. The van der Waals surface area contributed by atoms with Crippen LogP contribution in [0, 0.1) is 11.7 Å². The number of carbonyl (C=O) groups is 1. The van der Waals surface area contributed by atoms with Crippen LogP contribution in [0.15, 0.2) is 30.3 Å². The van der Waals surface area contributed by atoms with Gasteiger partial charge in [0.05, 0.1) is 0 Å². The van der Waals surface area contributed by atoms with Crippen LogP contribution in [0.3, 0.4) is 0 Å². The summed E-state index contributed by atoms with van der Waals surface area (Å²) in [5.74, 6) is -0.977. The summed E-state index contributed by atoms with van der Waals surface area (Å²) in [6.07, 6.45) is -3.18. The van der Waals surface area contributed by atoms with Crippen LogP contribution in [-0.4, -0.2) is 40.8 Å². The molecule has 146 valence electrons. The van der Waals surface area contributed by atoms with Crippen LogP contribution in [0.25, 0.3) is 0 Å². The molecule has 0 radical (unpaired) electrons. The van der Waals surface area contributed by atoms with Gasteiger partial charge in [0.15, 0.2) is 5.69 Å². The van der Waals surface area contributed by atoms with Crippen molar-refractivity contribution >= 4 is 5.91 Å². The molecule has 2 aromatic rings. The molecule has 0 spiro atoms. The van der Waals surface area contributed by atoms with E-state index in [1.807, 2.05) is 0 Å². The molecule has 1 aliphatic rings. The summed E-state index contributed by atoms with van der Waals surface area (Å²) < 4.78 is 57.6. The van der Waals surface area contributed by atoms with Crippen LogP contribution in [0.1, 0.15) is 34.6 Å². The third-order valence-electron chi connectivity index (χ3n) is 4.52. The summed E-state index contributed by atoms with van der Waals surface area (Å²) >= 11 is 0. The molecule has 3 rings (SSSR count). The largest absolute Gasteiger partial charge is 0.435 e. The van der Waals surface area contributed by atoms with E-state index in [0.29, 0.717) is 31.4 Å². The quantitative estimate of drug-likeness (QED) is 0.800. The number of carbonyl (C=O) groups excluding carboxylic acids is 1. The molecule has 1 fully saturated rings. The molecule has 1 aromatic carbocycles. The van der Waals surface area contributed by atoms with Crippen LogP contribution < -0.4 is 0 Å². The predicted molar refractivity (Wildman–Crippen MR) is 88.3 cm³/mol. The van der Waals surface area contributed by atoms with E-state index in [-0.39, 0.29) is 18.2 Å². The van der Waals surface area contributed by atoms with Crippen molar-refractivity contribution in [1.82, 2.24) is 15.1 Å². The van der Waals surface area contributed by atoms with E-state index in [9.17, 15) is 22.4 Å². The zero-order valence-electron chi connectivity index (χ0n) is 14.4. The van der Waals surface area contributed by atoms with Crippen molar-refractivity contribution in [1.29, 1.82) is 0 Å². The fourth-order valence-electron chi connectivity index (χ4n) is 3.04. The highest BCUT2D eigenvalue weighted by atomic mass is 19.4. The van der Waals surface area contributed by atoms with Gasteiger partial charge in [-0.1, -0.05) is 18.2 Å². The second kappa shape index (κ2) is 8.08. The molecular weight excluding hydrogens is 366 g/mol. The molecule has 1 aromatic heterocycles. The van der Waals surface area contributed by atoms with Gasteiger partial charge in [-0.15, -0.1) is 0 Å². The summed E-state index contributed by atoms with van der Waals surface area (Å²) in [7, 11) is 0. The molecule has 1 saturated heterocycles. The third-order valence-corrected chi connectivity index (χ3v) is 4.52. The van der Waals surface area contributed by atoms with Crippen molar-refractivity contribution in [3.63, 3.8) is 0 Å². The normalized spacial score (nSPS) is 15.7. The number of aromatic amines is 1. The van der Waals surface area contributed by atoms with Gasteiger partial charge in [0.2, 0.25) is 0 Å². The van der Waals surface area contributed by atoms with E-state index in [2.05, 4.69) is 10.2 Å². The third kappa shape index (κ3) is 4.85. The second-order valence-electron chi connectivity index (χ2n) is 6.50. The summed E-state index contributed by atoms with van der Waals surface area (Å²) in [5, 5.41) is 5.32. The van der Waals surface area contributed by atoms with Crippen molar-refractivity contribution in [3.8, 4) is 0 Å². The maximum atomic E-state index is 14.0. The first-order chi connectivity index (χ1) is 12.8. The molecule has 2 heterocycles. The monoisotopic (exact) mass is 385 g/mol. The van der Waals surface area contributed by atoms with E-state index >= 15 is 0 Å². The first-order valence-electron chi connectivity index (χ1n) is 8.57. The van der Waals surface area contributed by atoms with Gasteiger partial charge in [0.1, 0.15) is 11.5 Å². The Kier molecular flexibility index (Phi) is 5.79. The first kappa shape index (κ1) is 19.3. The molecular formula is C18H19F4N3O2. The Morgan fingerprint density at radius 1 is 1.26 bits per heavy atom. The SMILES string of the molecule is O=C(c1cc(C(F)(F)F)n[nH]1)N(Cc1ccccc1F)CC1CCOCC1. The molecule has 0 bridgehead atoms. The van der Waals surface area contributed by atoms with Crippen molar-refractivity contribution in [2.24, 2.45) is 5.92 Å². The van der Waals surface area contributed by atoms with Crippen molar-refractivity contribution in [2.45, 2.75) is 25.6 Å². The Balaban J connectivity index is 1.82. The average molecular weight is 385 g/mol. The number of rotatable bonds is 5. The standard InChI is InChI=1S/C18H19F4N3O2/c19-14-4-2-1-3-13(14)11-25(10-12-5-7-27-8-6-12)17(26)15-9-16(24-23-15)18(20,21)22/h1-4,9,12H,5-8,10-11H2,(H,23,24). The summed E-state index contributed by atoms with van der Waals surface area (Å²) in [6.45, 7) is 1.39. The summed E-state index contributed by atoms with van der Waals surface area (Å²) in [5.41, 5.74) is -1.14. The molecule has 5 nitrogen and oxygen atoms in total. The second-order valence-corrected chi connectivity index (χ2v) is 6.50. The number of amides is 1. The average Bonchev–Trinajstić information content (AvgIpc) is 3.14. The zero-order chi connectivity index (χ0) is 19.4. The molecule has 1 aliphatic heterocycles. The molecule has 1 N–H and O–H groups in total. The molecule has 27 heavy (non-hydrogen) atoms. The first-order valence-corrected chi connectivity index (χ1v) is 8.57. The minimum absolute atomic E-state index is 0.0385. The lowest BCUT2D eigenvalue weighted by Gasteiger charge is -2.29. The fourth-order valence-corrected chi connectivity index (χ4v) is 3.04. The summed E-state index contributed by atoms with van der Waals surface area (Å²) in [4.78, 5) is 14.2. The van der Waals surface area contributed by atoms with E-state index in [1.54, 1.807) is 12.1 Å². The smallest absolute Gasteiger partial charge is 0.381 e. The Morgan fingerprint density at radius 3 is 2.59 bits per heavy atom. The Labute approximate surface area is 153 Å². The van der Waals surface area contributed by atoms with Gasteiger partial charge in [0.25, 0.3) is 5.91 Å². The van der Waals surface area contributed by atoms with Gasteiger partial charge in [-0.25, -0.2) is 4.39 Å². The minimum Gasteiger partial charge on any atom is -0.381 e. The number of hydrogen-bond donors (Lipinski definition) is 1. The van der Waals surface area contributed by atoms with E-state index in [1.165, 1.54) is 17.0 Å². The van der Waals surface area contributed by atoms with Gasteiger partial charge in [-0.2, -0.15) is 18.3 Å². The van der Waals surface area contributed by atoms with E-state index in [0.717, 1.165) is 12.8 Å². The van der Waals surface area contributed by atoms with Crippen molar-refractivity contribution < 1.29 is 27.1 Å². The number of nitrogens with one attached hydrogen (secondary N) is 1. The van der Waals surface area contributed by atoms with Gasteiger partial charge < -0.3 is 9.64 Å². The zero-order valence-corrected chi connectivity index (χ0v) is 14.4. The molecule has 9 heteroatoms. The molecule has 0 unspecified atom stereocenters. The van der Waals surface area contributed by atoms with Crippen LogP contribution in [-0.2, 0) is 17.5 Å². The highest BCUT2D eigenvalue weighted by Gasteiger charge is 2.35. The Morgan fingerprint density at radius 2 is 1.96 bits per heavy atom. The lowest BCUT2D eigenvalue weighted by Crippen LogP contribution is -2.37. The highest BCUT2D eigenvalue weighted by Crippen LogP contribution is 2.28. The molecule has 0 saturated carbocycles. The number of H-pyrrole nitrogens is 1. The van der Waals surface area contributed by atoms with Crippen LogP contribution >= 0.6 is 0 Å². The van der Waals surface area contributed by atoms with Gasteiger partial charge in [-0.3, -0.25) is 9.89 Å². The van der Waals surface area contributed by atoms with Crippen molar-refractivity contribution in [2.75, 3.05) is 19.8 Å². The number of ether oxygens (including phenoxy) is 1. The van der Waals surface area contributed by atoms with Crippen molar-refractivity contribution in [3.05, 3.63) is 53.1 Å². The van der Waals surface area contributed by atoms with Gasteiger partial charge in [0, 0.05) is 37.9 Å². The summed E-state index contributed by atoms with van der Waals surface area (Å²) in [6, 6.07) is 6.69. The topological polar surface area (TPSA) is 58.2 Å². The number of halogens is 4. The van der Waals surface area contributed by atoms with Crippen LogP contribution in [0.4, 0.5) is 17.6 Å². The maximum absolute atomic E-state index is 14.0. The number of aromatic nitrogens is 2. The fraction of sp³-hybridized carbons (Fsp3) is 0.444. The Bertz CT molecular complexity index is 785. The van der Waals surface area contributed by atoms with E-state index < -0.39 is 23.6 Å². The van der Waals surface area contributed by atoms with E-state index in [4.69, 9.17) is 4.74 Å². The Hall–Kier alpha value is -2.42. The highest BCUT2D eigenvalue weighted by molar-refractivity contribution is 5.92. The molecule has 0 aliphatic carbocycles. The van der Waals surface area contributed by atoms with Gasteiger partial charge in [-0.05, 0) is 24.8 Å². The van der Waals surface area contributed by atoms with Crippen LogP contribution in [0.2, 0.25) is 0 Å². The van der Waals surface area contributed by atoms with Gasteiger partial charge >= 0.3 is 6.18 Å². The maximum Gasteiger partial charge on any atom is 0.435 e. The number of benzene rings is 1.